The molecule has 0 radical (unpaired) electrons. The molecule has 15 heavy (non-hydrogen) atoms. The Balaban J connectivity index is 0. The van der Waals surface area contributed by atoms with Crippen LogP contribution in [0.5, 0.6) is 0 Å². The van der Waals surface area contributed by atoms with Gasteiger partial charge in [-0.1, -0.05) is 80.3 Å². The summed E-state index contributed by atoms with van der Waals surface area (Å²) in [5, 5.41) is 0. The molecule has 92 valence electrons. The van der Waals surface area contributed by atoms with Gasteiger partial charge in [0.1, 0.15) is 0 Å². The van der Waals surface area contributed by atoms with Crippen LogP contribution in [-0.2, 0) is 0 Å². The Kier molecular flexibility index (Phi) is 15.2. The molecule has 0 saturated carbocycles. The molecule has 0 bridgehead atoms. The van der Waals surface area contributed by atoms with E-state index in [0.29, 0.717) is 6.42 Å². The van der Waals surface area contributed by atoms with Gasteiger partial charge in [-0.2, -0.15) is 0 Å². The van der Waals surface area contributed by atoms with Crippen molar-refractivity contribution in [1.82, 2.24) is 0 Å². The Morgan fingerprint density at radius 3 is 1.60 bits per heavy atom. The van der Waals surface area contributed by atoms with Crippen LogP contribution in [-0.4, -0.2) is 3.79 Å². The number of halogens is 3. The molecule has 0 aromatic carbocycles. The highest BCUT2D eigenvalue weighted by molar-refractivity contribution is 6.67. The second-order valence-corrected chi connectivity index (χ2v) is 6.00. The SMILES string of the molecule is C=C.CCCCCCCCCC(Cl)(Cl)Cl. The summed E-state index contributed by atoms with van der Waals surface area (Å²) in [6.07, 6.45) is 9.52. The van der Waals surface area contributed by atoms with Gasteiger partial charge in [0, 0.05) is 0 Å². The first-order chi connectivity index (χ1) is 7.06. The molecule has 0 aliphatic carbocycles. The van der Waals surface area contributed by atoms with Crippen LogP contribution >= 0.6 is 34.8 Å². The Hall–Kier alpha value is 0.610. The van der Waals surface area contributed by atoms with E-state index in [2.05, 4.69) is 20.1 Å². The zero-order valence-corrected chi connectivity index (χ0v) is 12.0. The maximum absolute atomic E-state index is 5.63. The maximum Gasteiger partial charge on any atom is 0.190 e. The molecule has 0 rings (SSSR count). The first-order valence-corrected chi connectivity index (χ1v) is 6.76. The summed E-state index contributed by atoms with van der Waals surface area (Å²) in [6, 6.07) is 0. The molecule has 0 heterocycles. The van der Waals surface area contributed by atoms with Crippen LogP contribution in [0.25, 0.3) is 0 Å². The van der Waals surface area contributed by atoms with Crippen molar-refractivity contribution < 1.29 is 0 Å². The minimum Gasteiger partial charge on any atom is -0.106 e. The number of hydrogen-bond donors (Lipinski definition) is 0. The Morgan fingerprint density at radius 2 is 1.20 bits per heavy atom. The van der Waals surface area contributed by atoms with Crippen molar-refractivity contribution in [2.45, 2.75) is 62.1 Å². The van der Waals surface area contributed by atoms with Gasteiger partial charge < -0.3 is 0 Å². The quantitative estimate of drug-likeness (QED) is 0.290. The molecule has 0 aromatic heterocycles. The zero-order valence-electron chi connectivity index (χ0n) is 9.70. The molecular formula is C12H23Cl3. The van der Waals surface area contributed by atoms with E-state index in [1.807, 2.05) is 0 Å². The third-order valence-corrected chi connectivity index (χ3v) is 2.63. The van der Waals surface area contributed by atoms with Crippen LogP contribution in [0.15, 0.2) is 13.2 Å². The molecule has 0 atom stereocenters. The first kappa shape index (κ1) is 18.0. The van der Waals surface area contributed by atoms with E-state index in [-0.39, 0.29) is 0 Å². The number of alkyl halides is 3. The summed E-state index contributed by atoms with van der Waals surface area (Å²) < 4.78 is -1.04. The fourth-order valence-electron chi connectivity index (χ4n) is 1.28. The predicted octanol–water partition coefficient (Wildman–Crippen LogP) is 6.30. The summed E-state index contributed by atoms with van der Waals surface area (Å²) in [6.45, 7) is 8.23. The largest absolute Gasteiger partial charge is 0.190 e. The lowest BCUT2D eigenvalue weighted by Crippen LogP contribution is -2.00. The molecule has 0 amide bonds. The molecule has 0 aliphatic heterocycles. The van der Waals surface area contributed by atoms with Crippen molar-refractivity contribution in [3.63, 3.8) is 0 Å². The molecule has 0 nitrogen and oxygen atoms in total. The van der Waals surface area contributed by atoms with E-state index in [9.17, 15) is 0 Å². The minimum atomic E-state index is -1.04. The Bertz CT molecular complexity index is 119. The van der Waals surface area contributed by atoms with E-state index < -0.39 is 3.79 Å². The monoisotopic (exact) mass is 272 g/mol. The lowest BCUT2D eigenvalue weighted by molar-refractivity contribution is 0.578. The number of unbranched alkanes of at least 4 members (excludes halogenated alkanes) is 6. The summed E-state index contributed by atoms with van der Waals surface area (Å²) in [5.41, 5.74) is 0. The molecule has 0 aromatic rings. The van der Waals surface area contributed by atoms with Crippen LogP contribution in [0.4, 0.5) is 0 Å². The zero-order chi connectivity index (χ0) is 12.2. The fraction of sp³-hybridized carbons (Fsp3) is 0.833. The smallest absolute Gasteiger partial charge is 0.106 e. The molecular weight excluding hydrogens is 250 g/mol. The van der Waals surface area contributed by atoms with Crippen LogP contribution in [0.2, 0.25) is 0 Å². The normalized spacial score (nSPS) is 10.7. The van der Waals surface area contributed by atoms with Gasteiger partial charge in [0.25, 0.3) is 0 Å². The average Bonchev–Trinajstić information content (AvgIpc) is 2.18. The highest BCUT2D eigenvalue weighted by atomic mass is 35.6. The topological polar surface area (TPSA) is 0 Å². The van der Waals surface area contributed by atoms with Gasteiger partial charge in [-0.05, 0) is 12.8 Å². The van der Waals surface area contributed by atoms with E-state index in [1.54, 1.807) is 0 Å². The second kappa shape index (κ2) is 12.7. The number of rotatable bonds is 7. The average molecular weight is 274 g/mol. The van der Waals surface area contributed by atoms with E-state index >= 15 is 0 Å². The van der Waals surface area contributed by atoms with Gasteiger partial charge >= 0.3 is 0 Å². The van der Waals surface area contributed by atoms with Gasteiger partial charge in [0.2, 0.25) is 0 Å². The fourth-order valence-corrected chi connectivity index (χ4v) is 1.68. The summed E-state index contributed by atoms with van der Waals surface area (Å²) in [5.74, 6) is 0. The van der Waals surface area contributed by atoms with Crippen molar-refractivity contribution >= 4 is 34.8 Å². The van der Waals surface area contributed by atoms with Crippen molar-refractivity contribution in [1.29, 1.82) is 0 Å². The second-order valence-electron chi connectivity index (χ2n) is 3.49. The van der Waals surface area contributed by atoms with Crippen LogP contribution in [0, 0.1) is 0 Å². The third-order valence-electron chi connectivity index (χ3n) is 2.06. The molecule has 0 fully saturated rings. The molecule has 0 saturated heterocycles. The highest BCUT2D eigenvalue weighted by Gasteiger charge is 2.17. The molecule has 0 aliphatic rings. The lowest BCUT2D eigenvalue weighted by atomic mass is 10.1. The predicted molar refractivity (Wildman–Crippen MR) is 74.2 cm³/mol. The Labute approximate surface area is 110 Å². The van der Waals surface area contributed by atoms with Gasteiger partial charge in [-0.3, -0.25) is 0 Å². The van der Waals surface area contributed by atoms with Crippen molar-refractivity contribution in [2.24, 2.45) is 0 Å². The van der Waals surface area contributed by atoms with Gasteiger partial charge in [0.05, 0.1) is 0 Å². The Morgan fingerprint density at radius 1 is 0.800 bits per heavy atom. The van der Waals surface area contributed by atoms with Crippen LogP contribution in [0.1, 0.15) is 58.3 Å². The molecule has 0 unspecified atom stereocenters. The van der Waals surface area contributed by atoms with Gasteiger partial charge in [-0.25, -0.2) is 0 Å². The van der Waals surface area contributed by atoms with Crippen molar-refractivity contribution in [3.8, 4) is 0 Å². The van der Waals surface area contributed by atoms with Gasteiger partial charge in [0.15, 0.2) is 3.79 Å². The van der Waals surface area contributed by atoms with E-state index in [0.717, 1.165) is 6.42 Å². The highest BCUT2D eigenvalue weighted by Crippen LogP contribution is 2.32. The van der Waals surface area contributed by atoms with Gasteiger partial charge in [-0.15, -0.1) is 13.2 Å². The summed E-state index contributed by atoms with van der Waals surface area (Å²) in [7, 11) is 0. The third kappa shape index (κ3) is 20.6. The van der Waals surface area contributed by atoms with Crippen molar-refractivity contribution in [2.75, 3.05) is 0 Å². The van der Waals surface area contributed by atoms with Crippen LogP contribution < -0.4 is 0 Å². The van der Waals surface area contributed by atoms with Crippen LogP contribution in [0.3, 0.4) is 0 Å². The summed E-state index contributed by atoms with van der Waals surface area (Å²) >= 11 is 16.9. The number of hydrogen-bond acceptors (Lipinski definition) is 0. The van der Waals surface area contributed by atoms with E-state index in [4.69, 9.17) is 34.8 Å². The molecule has 0 N–H and O–H groups in total. The maximum atomic E-state index is 5.63. The molecule has 3 heteroatoms. The minimum absolute atomic E-state index is 0.686. The van der Waals surface area contributed by atoms with E-state index in [1.165, 1.54) is 38.5 Å². The molecule has 0 spiro atoms. The standard InChI is InChI=1S/C10H19Cl3.C2H4/c1-2-3-4-5-6-7-8-9-10(11,12)13;1-2/h2-9H2,1H3;1-2H2. The summed E-state index contributed by atoms with van der Waals surface area (Å²) in [4.78, 5) is 0. The van der Waals surface area contributed by atoms with Crippen molar-refractivity contribution in [3.05, 3.63) is 13.2 Å². The first-order valence-electron chi connectivity index (χ1n) is 5.63. The lowest BCUT2D eigenvalue weighted by Gasteiger charge is -2.09.